The Morgan fingerprint density at radius 1 is 1.00 bits per heavy atom. The van der Waals surface area contributed by atoms with Crippen LogP contribution in [0, 0.1) is 12.7 Å². The summed E-state index contributed by atoms with van der Waals surface area (Å²) in [5.74, 6) is 2.37. The zero-order valence-corrected chi connectivity index (χ0v) is 19.4. The van der Waals surface area contributed by atoms with Gasteiger partial charge in [-0.25, -0.2) is 9.07 Å². The van der Waals surface area contributed by atoms with Gasteiger partial charge in [0.2, 0.25) is 5.95 Å². The Morgan fingerprint density at radius 2 is 1.83 bits per heavy atom. The van der Waals surface area contributed by atoms with Crippen molar-refractivity contribution in [2.75, 3.05) is 19.5 Å². The molecule has 2 aliphatic heterocycles. The number of benzene rings is 3. The number of nitrogens with one attached hydrogen (secondary N) is 1. The van der Waals surface area contributed by atoms with Crippen LogP contribution in [-0.2, 0) is 0 Å². The molecule has 0 bridgehead atoms. The SMILES string of the molecule is COc1ccc([C@@H]2Oc3ccc(C)cc3C3=C2[C@H](c2ccc(F)cc2)n2ncnc2N3)c(OC)c1. The lowest BCUT2D eigenvalue weighted by Crippen LogP contribution is -2.32. The smallest absolute Gasteiger partial charge is 0.226 e. The highest BCUT2D eigenvalue weighted by atomic mass is 19.1. The molecule has 8 heteroatoms. The first-order valence-corrected chi connectivity index (χ1v) is 11.2. The van der Waals surface area contributed by atoms with Crippen molar-refractivity contribution in [2.24, 2.45) is 0 Å². The molecule has 1 aromatic heterocycles. The van der Waals surface area contributed by atoms with E-state index in [0.29, 0.717) is 17.4 Å². The molecule has 3 heterocycles. The summed E-state index contributed by atoms with van der Waals surface area (Å²) in [6.45, 7) is 2.04. The number of aryl methyl sites for hydroxylation is 1. The number of hydrogen-bond acceptors (Lipinski definition) is 6. The maximum Gasteiger partial charge on any atom is 0.226 e. The van der Waals surface area contributed by atoms with Crippen LogP contribution in [0.2, 0.25) is 0 Å². The quantitative estimate of drug-likeness (QED) is 0.436. The van der Waals surface area contributed by atoms with Gasteiger partial charge in [0.25, 0.3) is 0 Å². The van der Waals surface area contributed by atoms with Gasteiger partial charge in [-0.3, -0.25) is 0 Å². The maximum absolute atomic E-state index is 13.9. The van der Waals surface area contributed by atoms with Crippen LogP contribution in [0.4, 0.5) is 10.3 Å². The molecule has 0 saturated carbocycles. The molecule has 0 aliphatic carbocycles. The molecule has 0 spiro atoms. The molecule has 0 amide bonds. The Balaban J connectivity index is 1.63. The lowest BCUT2D eigenvalue weighted by Gasteiger charge is -2.39. The van der Waals surface area contributed by atoms with E-state index in [0.717, 1.165) is 39.3 Å². The summed E-state index contributed by atoms with van der Waals surface area (Å²) >= 11 is 0. The van der Waals surface area contributed by atoms with Gasteiger partial charge in [-0.1, -0.05) is 23.8 Å². The zero-order chi connectivity index (χ0) is 24.1. The van der Waals surface area contributed by atoms with Crippen molar-refractivity contribution in [3.05, 3.63) is 101 Å². The molecule has 35 heavy (non-hydrogen) atoms. The number of halogens is 1. The summed E-state index contributed by atoms with van der Waals surface area (Å²) in [7, 11) is 3.24. The summed E-state index contributed by atoms with van der Waals surface area (Å²) in [5.41, 5.74) is 5.56. The molecule has 1 N–H and O–H groups in total. The van der Waals surface area contributed by atoms with E-state index in [9.17, 15) is 4.39 Å². The monoisotopic (exact) mass is 470 g/mol. The first-order chi connectivity index (χ1) is 17.1. The number of methoxy groups -OCH3 is 2. The number of hydrogen-bond donors (Lipinski definition) is 1. The fraction of sp³-hybridized carbons (Fsp3) is 0.185. The summed E-state index contributed by atoms with van der Waals surface area (Å²) in [6, 6.07) is 17.8. The van der Waals surface area contributed by atoms with E-state index in [4.69, 9.17) is 14.2 Å². The summed E-state index contributed by atoms with van der Waals surface area (Å²) in [6.07, 6.45) is 0.999. The maximum atomic E-state index is 13.9. The van der Waals surface area contributed by atoms with Crippen molar-refractivity contribution < 1.29 is 18.6 Å². The van der Waals surface area contributed by atoms with Crippen LogP contribution in [0.25, 0.3) is 5.70 Å². The number of rotatable bonds is 4. The molecule has 4 aromatic rings. The molecule has 0 unspecified atom stereocenters. The van der Waals surface area contributed by atoms with Crippen molar-refractivity contribution in [2.45, 2.75) is 19.1 Å². The van der Waals surface area contributed by atoms with Crippen molar-refractivity contribution in [3.63, 3.8) is 0 Å². The van der Waals surface area contributed by atoms with Crippen molar-refractivity contribution in [1.82, 2.24) is 14.8 Å². The number of fused-ring (bicyclic) bond motifs is 3. The molecule has 0 saturated heterocycles. The first kappa shape index (κ1) is 21.2. The van der Waals surface area contributed by atoms with Crippen LogP contribution in [0.5, 0.6) is 17.2 Å². The number of aromatic nitrogens is 3. The van der Waals surface area contributed by atoms with Crippen LogP contribution in [0.1, 0.15) is 34.4 Å². The number of nitrogens with zero attached hydrogens (tertiary/aromatic N) is 3. The van der Waals surface area contributed by atoms with Gasteiger partial charge in [0.05, 0.1) is 19.9 Å². The van der Waals surface area contributed by atoms with Crippen LogP contribution in [0.15, 0.2) is 72.6 Å². The fourth-order valence-electron chi connectivity index (χ4n) is 4.84. The van der Waals surface area contributed by atoms with Gasteiger partial charge < -0.3 is 19.5 Å². The normalized spacial score (nSPS) is 18.1. The largest absolute Gasteiger partial charge is 0.497 e. The van der Waals surface area contributed by atoms with Gasteiger partial charge in [-0.15, -0.1) is 0 Å². The van der Waals surface area contributed by atoms with Gasteiger partial charge in [-0.05, 0) is 48.9 Å². The predicted molar refractivity (Wildman–Crippen MR) is 129 cm³/mol. The molecular formula is C27H23FN4O3. The molecule has 2 atom stereocenters. The number of anilines is 1. The van der Waals surface area contributed by atoms with Crippen LogP contribution in [-0.4, -0.2) is 29.0 Å². The second kappa shape index (κ2) is 8.16. The average molecular weight is 471 g/mol. The molecule has 0 radical (unpaired) electrons. The third kappa shape index (κ3) is 3.41. The lowest BCUT2D eigenvalue weighted by molar-refractivity contribution is 0.217. The summed E-state index contributed by atoms with van der Waals surface area (Å²) in [5, 5.41) is 7.99. The third-order valence-corrected chi connectivity index (χ3v) is 6.48. The average Bonchev–Trinajstić information content (AvgIpc) is 3.36. The second-order valence-corrected chi connectivity index (χ2v) is 8.54. The highest BCUT2D eigenvalue weighted by Crippen LogP contribution is 2.52. The van der Waals surface area contributed by atoms with Crippen molar-refractivity contribution in [3.8, 4) is 17.2 Å². The van der Waals surface area contributed by atoms with Gasteiger partial charge in [0.1, 0.15) is 35.4 Å². The topological polar surface area (TPSA) is 70.4 Å². The highest BCUT2D eigenvalue weighted by molar-refractivity contribution is 5.85. The van der Waals surface area contributed by atoms with Gasteiger partial charge in [-0.2, -0.15) is 10.1 Å². The Bertz CT molecular complexity index is 1460. The van der Waals surface area contributed by atoms with Crippen molar-refractivity contribution >= 4 is 11.6 Å². The van der Waals surface area contributed by atoms with Crippen LogP contribution < -0.4 is 19.5 Å². The Morgan fingerprint density at radius 3 is 2.60 bits per heavy atom. The van der Waals surface area contributed by atoms with Gasteiger partial charge in [0.15, 0.2) is 6.10 Å². The van der Waals surface area contributed by atoms with E-state index < -0.39 is 6.10 Å². The van der Waals surface area contributed by atoms with Crippen LogP contribution in [0.3, 0.4) is 0 Å². The predicted octanol–water partition coefficient (Wildman–Crippen LogP) is 5.30. The summed E-state index contributed by atoms with van der Waals surface area (Å²) in [4.78, 5) is 4.44. The Kier molecular flexibility index (Phi) is 4.95. The summed E-state index contributed by atoms with van der Waals surface area (Å²) < 4.78 is 33.5. The van der Waals surface area contributed by atoms with Crippen molar-refractivity contribution in [1.29, 1.82) is 0 Å². The van der Waals surface area contributed by atoms with E-state index >= 15 is 0 Å². The van der Waals surface area contributed by atoms with E-state index in [1.807, 2.05) is 37.3 Å². The Labute approximate surface area is 201 Å². The number of ether oxygens (including phenoxy) is 3. The lowest BCUT2D eigenvalue weighted by atomic mass is 9.84. The zero-order valence-electron chi connectivity index (χ0n) is 19.4. The minimum Gasteiger partial charge on any atom is -0.497 e. The van der Waals surface area contributed by atoms with E-state index in [1.165, 1.54) is 18.5 Å². The first-order valence-electron chi connectivity index (χ1n) is 11.2. The highest BCUT2D eigenvalue weighted by Gasteiger charge is 2.42. The molecule has 6 rings (SSSR count). The fourth-order valence-corrected chi connectivity index (χ4v) is 4.84. The molecule has 0 fully saturated rings. The Hall–Kier alpha value is -4.33. The molecule has 2 aliphatic rings. The molecule has 7 nitrogen and oxygen atoms in total. The third-order valence-electron chi connectivity index (χ3n) is 6.48. The van der Waals surface area contributed by atoms with E-state index in [2.05, 4.69) is 21.5 Å². The van der Waals surface area contributed by atoms with Gasteiger partial charge >= 0.3 is 0 Å². The van der Waals surface area contributed by atoms with Crippen LogP contribution >= 0.6 is 0 Å². The minimum absolute atomic E-state index is 0.301. The van der Waals surface area contributed by atoms with E-state index in [-0.39, 0.29) is 11.9 Å². The minimum atomic E-state index is -0.513. The standard InChI is InChI=1S/C27H23FN4O3/c1-15-4-11-21-20(12-15)24-23(26(35-21)19-10-9-18(33-2)13-22(19)34-3)25(16-5-7-17(28)8-6-16)32-27(31-24)29-14-30-32/h4-14,25-26H,1-3H3,(H,29,30,31)/t25-,26-/m0/s1. The molecule has 176 valence electrons. The second-order valence-electron chi connectivity index (χ2n) is 8.54. The molecule has 3 aromatic carbocycles. The van der Waals surface area contributed by atoms with E-state index in [1.54, 1.807) is 31.0 Å². The molecular weight excluding hydrogens is 447 g/mol. The van der Waals surface area contributed by atoms with Gasteiger partial charge in [0, 0.05) is 22.8 Å².